The Bertz CT molecular complexity index is 1030. The van der Waals surface area contributed by atoms with Gasteiger partial charge in [0.05, 0.1) is 6.54 Å². The summed E-state index contributed by atoms with van der Waals surface area (Å²) in [6.45, 7) is 3.99. The molecular formula is C21H22N6O2. The summed E-state index contributed by atoms with van der Waals surface area (Å²) >= 11 is 0. The Morgan fingerprint density at radius 1 is 1.03 bits per heavy atom. The lowest BCUT2D eigenvalue weighted by Crippen LogP contribution is -2.34. The van der Waals surface area contributed by atoms with Crippen molar-refractivity contribution in [3.63, 3.8) is 0 Å². The van der Waals surface area contributed by atoms with Gasteiger partial charge in [-0.1, -0.05) is 18.2 Å². The molecular weight excluding hydrogens is 368 g/mol. The van der Waals surface area contributed by atoms with Gasteiger partial charge >= 0.3 is 0 Å². The number of nitrogens with zero attached hydrogens (tertiary/aromatic N) is 5. The first kappa shape index (κ1) is 18.8. The van der Waals surface area contributed by atoms with E-state index in [1.54, 1.807) is 24.5 Å². The summed E-state index contributed by atoms with van der Waals surface area (Å²) in [5.74, 6) is 1.37. The molecule has 0 aliphatic carbocycles. The SMILES string of the molecule is Cc1ccccc1C(=O)N1CCc2nnc(CNC(=O)c3ccncc3)n2CC1. The summed E-state index contributed by atoms with van der Waals surface area (Å²) in [4.78, 5) is 31.0. The standard InChI is InChI=1S/C21H22N6O2/c1-15-4-2-3-5-17(15)21(29)26-11-8-18-24-25-19(27(18)13-12-26)14-23-20(28)16-6-9-22-10-7-16/h2-7,9-10H,8,11-14H2,1H3,(H,23,28). The average molecular weight is 390 g/mol. The predicted octanol–water partition coefficient (Wildman–Crippen LogP) is 1.61. The second kappa shape index (κ2) is 8.22. The molecule has 1 aliphatic heterocycles. The number of aryl methyl sites for hydroxylation is 1. The van der Waals surface area contributed by atoms with Crippen molar-refractivity contribution in [2.75, 3.05) is 13.1 Å². The van der Waals surface area contributed by atoms with Crippen LogP contribution >= 0.6 is 0 Å². The van der Waals surface area contributed by atoms with Crippen molar-refractivity contribution in [2.24, 2.45) is 0 Å². The highest BCUT2D eigenvalue weighted by Crippen LogP contribution is 2.15. The van der Waals surface area contributed by atoms with Crippen LogP contribution in [0.3, 0.4) is 0 Å². The molecule has 1 N–H and O–H groups in total. The number of fused-ring (bicyclic) bond motifs is 1. The Hall–Kier alpha value is -3.55. The lowest BCUT2D eigenvalue weighted by Gasteiger charge is -2.21. The summed E-state index contributed by atoms with van der Waals surface area (Å²) in [5.41, 5.74) is 2.25. The number of aromatic nitrogens is 4. The van der Waals surface area contributed by atoms with Gasteiger partial charge in [-0.3, -0.25) is 14.6 Å². The summed E-state index contributed by atoms with van der Waals surface area (Å²) in [6.07, 6.45) is 3.79. The fraction of sp³-hybridized carbons (Fsp3) is 0.286. The van der Waals surface area contributed by atoms with Crippen molar-refractivity contribution in [1.82, 2.24) is 30.0 Å². The quantitative estimate of drug-likeness (QED) is 0.731. The number of benzene rings is 1. The molecule has 3 heterocycles. The Morgan fingerprint density at radius 3 is 2.62 bits per heavy atom. The minimum atomic E-state index is -0.185. The molecule has 0 bridgehead atoms. The van der Waals surface area contributed by atoms with Gasteiger partial charge in [0, 0.05) is 49.6 Å². The number of amides is 2. The van der Waals surface area contributed by atoms with E-state index in [0.29, 0.717) is 37.4 Å². The van der Waals surface area contributed by atoms with Crippen LogP contribution in [0, 0.1) is 6.92 Å². The fourth-order valence-corrected chi connectivity index (χ4v) is 3.46. The molecule has 2 aromatic heterocycles. The van der Waals surface area contributed by atoms with E-state index in [9.17, 15) is 9.59 Å². The third-order valence-corrected chi connectivity index (χ3v) is 5.12. The van der Waals surface area contributed by atoms with E-state index in [1.165, 1.54) is 0 Å². The molecule has 8 heteroatoms. The molecule has 0 spiro atoms. The van der Waals surface area contributed by atoms with Crippen LogP contribution in [0.15, 0.2) is 48.8 Å². The molecule has 3 aromatic rings. The number of nitrogens with one attached hydrogen (secondary N) is 1. The monoisotopic (exact) mass is 390 g/mol. The van der Waals surface area contributed by atoms with Gasteiger partial charge in [0.1, 0.15) is 5.82 Å². The third-order valence-electron chi connectivity index (χ3n) is 5.12. The van der Waals surface area contributed by atoms with Crippen LogP contribution in [0.5, 0.6) is 0 Å². The fourth-order valence-electron chi connectivity index (χ4n) is 3.46. The van der Waals surface area contributed by atoms with E-state index in [0.717, 1.165) is 17.0 Å². The zero-order valence-corrected chi connectivity index (χ0v) is 16.2. The van der Waals surface area contributed by atoms with E-state index in [-0.39, 0.29) is 18.4 Å². The average Bonchev–Trinajstić information content (AvgIpc) is 3.01. The van der Waals surface area contributed by atoms with Crippen LogP contribution in [-0.2, 0) is 19.5 Å². The number of pyridine rings is 1. The van der Waals surface area contributed by atoms with Crippen LogP contribution in [-0.4, -0.2) is 49.6 Å². The third kappa shape index (κ3) is 4.01. The van der Waals surface area contributed by atoms with E-state index in [4.69, 9.17) is 0 Å². The van der Waals surface area contributed by atoms with Crippen molar-refractivity contribution in [1.29, 1.82) is 0 Å². The minimum Gasteiger partial charge on any atom is -0.345 e. The molecule has 0 fully saturated rings. The summed E-state index contributed by atoms with van der Waals surface area (Å²) in [7, 11) is 0. The predicted molar refractivity (Wildman–Crippen MR) is 106 cm³/mol. The Kier molecular flexibility index (Phi) is 5.33. The summed E-state index contributed by atoms with van der Waals surface area (Å²) < 4.78 is 2.00. The minimum absolute atomic E-state index is 0.0364. The molecule has 4 rings (SSSR count). The van der Waals surface area contributed by atoms with Crippen molar-refractivity contribution in [3.05, 3.63) is 77.1 Å². The molecule has 0 saturated heterocycles. The Morgan fingerprint density at radius 2 is 1.83 bits per heavy atom. The second-order valence-electron chi connectivity index (χ2n) is 6.96. The molecule has 29 heavy (non-hydrogen) atoms. The zero-order valence-electron chi connectivity index (χ0n) is 16.2. The lowest BCUT2D eigenvalue weighted by atomic mass is 10.1. The largest absolute Gasteiger partial charge is 0.345 e. The normalized spacial score (nSPS) is 13.5. The van der Waals surface area contributed by atoms with Crippen molar-refractivity contribution in [3.8, 4) is 0 Å². The first-order chi connectivity index (χ1) is 14.1. The van der Waals surface area contributed by atoms with Crippen LogP contribution in [0.25, 0.3) is 0 Å². The maximum atomic E-state index is 12.9. The molecule has 2 amide bonds. The topological polar surface area (TPSA) is 93.0 Å². The van der Waals surface area contributed by atoms with Gasteiger partial charge in [-0.25, -0.2) is 0 Å². The van der Waals surface area contributed by atoms with Crippen molar-refractivity contribution >= 4 is 11.8 Å². The van der Waals surface area contributed by atoms with Gasteiger partial charge in [-0.15, -0.1) is 10.2 Å². The van der Waals surface area contributed by atoms with Gasteiger partial charge in [0.15, 0.2) is 5.82 Å². The summed E-state index contributed by atoms with van der Waals surface area (Å²) in [5, 5.41) is 11.4. The second-order valence-corrected chi connectivity index (χ2v) is 6.96. The van der Waals surface area contributed by atoms with Gasteiger partial charge in [-0.05, 0) is 30.7 Å². The Balaban J connectivity index is 1.42. The highest BCUT2D eigenvalue weighted by atomic mass is 16.2. The van der Waals surface area contributed by atoms with Gasteiger partial charge in [0.2, 0.25) is 0 Å². The van der Waals surface area contributed by atoms with Gasteiger partial charge in [-0.2, -0.15) is 0 Å². The molecule has 0 saturated carbocycles. The van der Waals surface area contributed by atoms with Gasteiger partial charge < -0.3 is 14.8 Å². The van der Waals surface area contributed by atoms with Crippen molar-refractivity contribution in [2.45, 2.75) is 26.4 Å². The molecule has 148 valence electrons. The molecule has 1 aromatic carbocycles. The maximum Gasteiger partial charge on any atom is 0.254 e. The molecule has 8 nitrogen and oxygen atoms in total. The van der Waals surface area contributed by atoms with Crippen LogP contribution in [0.4, 0.5) is 0 Å². The number of hydrogen-bond acceptors (Lipinski definition) is 5. The molecule has 0 atom stereocenters. The van der Waals surface area contributed by atoms with Crippen LogP contribution < -0.4 is 5.32 Å². The van der Waals surface area contributed by atoms with E-state index >= 15 is 0 Å². The summed E-state index contributed by atoms with van der Waals surface area (Å²) in [6, 6.07) is 11.0. The van der Waals surface area contributed by atoms with Crippen LogP contribution in [0.2, 0.25) is 0 Å². The lowest BCUT2D eigenvalue weighted by molar-refractivity contribution is 0.0758. The highest BCUT2D eigenvalue weighted by molar-refractivity contribution is 5.95. The van der Waals surface area contributed by atoms with E-state index in [1.807, 2.05) is 40.7 Å². The Labute approximate surface area is 168 Å². The van der Waals surface area contributed by atoms with Crippen LogP contribution in [0.1, 0.15) is 37.9 Å². The van der Waals surface area contributed by atoms with E-state index < -0.39 is 0 Å². The number of rotatable bonds is 4. The molecule has 0 unspecified atom stereocenters. The van der Waals surface area contributed by atoms with Gasteiger partial charge in [0.25, 0.3) is 11.8 Å². The number of hydrogen-bond donors (Lipinski definition) is 1. The molecule has 0 radical (unpaired) electrons. The number of carbonyl (C=O) groups is 2. The first-order valence-electron chi connectivity index (χ1n) is 9.57. The first-order valence-corrected chi connectivity index (χ1v) is 9.57. The zero-order chi connectivity index (χ0) is 20.2. The molecule has 1 aliphatic rings. The number of carbonyl (C=O) groups excluding carboxylic acids is 2. The van der Waals surface area contributed by atoms with E-state index in [2.05, 4.69) is 20.5 Å². The maximum absolute atomic E-state index is 12.9. The van der Waals surface area contributed by atoms with Crippen molar-refractivity contribution < 1.29 is 9.59 Å². The highest BCUT2D eigenvalue weighted by Gasteiger charge is 2.23. The smallest absolute Gasteiger partial charge is 0.254 e.